The number of benzene rings is 1. The summed E-state index contributed by atoms with van der Waals surface area (Å²) < 4.78 is 0.976. The Bertz CT molecular complexity index is 606. The summed E-state index contributed by atoms with van der Waals surface area (Å²) in [7, 11) is 1.70. The fraction of sp³-hybridized carbons (Fsp3) is 0.556. The maximum Gasteiger partial charge on any atom is 0.277 e. The van der Waals surface area contributed by atoms with Crippen molar-refractivity contribution >= 4 is 33.4 Å². The van der Waals surface area contributed by atoms with Crippen LogP contribution in [0.2, 0.25) is 0 Å². The molecule has 0 saturated carbocycles. The van der Waals surface area contributed by atoms with Crippen LogP contribution in [0.15, 0.2) is 22.7 Å². The van der Waals surface area contributed by atoms with Gasteiger partial charge in [0.05, 0.1) is 19.1 Å². The summed E-state index contributed by atoms with van der Waals surface area (Å²) in [6.07, 6.45) is 3.61. The lowest BCUT2D eigenvalue weighted by Crippen LogP contribution is -3.17. The molecule has 2 rings (SSSR count). The molecule has 5 nitrogen and oxygen atoms in total. The summed E-state index contributed by atoms with van der Waals surface area (Å²) in [5.41, 5.74) is 1.76. The molecule has 1 saturated heterocycles. The van der Waals surface area contributed by atoms with Crippen LogP contribution in [0.1, 0.15) is 31.7 Å². The van der Waals surface area contributed by atoms with Crippen LogP contribution >= 0.6 is 15.9 Å². The number of hydrogen-bond acceptors (Lipinski definition) is 2. The zero-order valence-corrected chi connectivity index (χ0v) is 16.3. The molecule has 6 heteroatoms. The van der Waals surface area contributed by atoms with E-state index >= 15 is 0 Å². The predicted octanol–water partition coefficient (Wildman–Crippen LogP) is 1.61. The molecule has 0 aromatic heterocycles. The Morgan fingerprint density at radius 1 is 1.38 bits per heavy atom. The molecule has 2 amide bonds. The molecular weight excluding hydrogens is 370 g/mol. The number of halogens is 1. The van der Waals surface area contributed by atoms with Gasteiger partial charge in [0, 0.05) is 17.2 Å². The third-order valence-electron chi connectivity index (χ3n) is 4.73. The van der Waals surface area contributed by atoms with Gasteiger partial charge in [-0.25, -0.2) is 0 Å². The number of rotatable bonds is 5. The number of piperidine rings is 1. The first-order valence-electron chi connectivity index (χ1n) is 8.51. The van der Waals surface area contributed by atoms with Crippen molar-refractivity contribution in [2.75, 3.05) is 32.0 Å². The Hall–Kier alpha value is -1.40. The average molecular weight is 397 g/mol. The first kappa shape index (κ1) is 18.9. The third-order valence-corrected chi connectivity index (χ3v) is 5.22. The molecule has 1 unspecified atom stereocenters. The summed E-state index contributed by atoms with van der Waals surface area (Å²) in [6, 6.07) is 6.22. The van der Waals surface area contributed by atoms with Crippen LogP contribution in [0.3, 0.4) is 0 Å². The largest absolute Gasteiger partial charge is 0.332 e. The molecule has 0 radical (unpaired) electrons. The lowest BCUT2D eigenvalue weighted by Gasteiger charge is -2.30. The van der Waals surface area contributed by atoms with Gasteiger partial charge in [-0.1, -0.05) is 15.9 Å². The molecule has 2 N–H and O–H groups in total. The van der Waals surface area contributed by atoms with Crippen LogP contribution in [0.25, 0.3) is 0 Å². The van der Waals surface area contributed by atoms with Crippen LogP contribution in [0.5, 0.6) is 0 Å². The van der Waals surface area contributed by atoms with Crippen molar-refractivity contribution in [2.24, 2.45) is 0 Å². The number of nitrogens with zero attached hydrogens (tertiary/aromatic N) is 1. The lowest BCUT2D eigenvalue weighted by atomic mass is 10.0. The highest BCUT2D eigenvalue weighted by Crippen LogP contribution is 2.19. The van der Waals surface area contributed by atoms with Crippen LogP contribution in [0.4, 0.5) is 5.69 Å². The number of likely N-dealkylation sites (tertiary alicyclic amines) is 1. The van der Waals surface area contributed by atoms with Gasteiger partial charge in [0.2, 0.25) is 5.91 Å². The second-order valence-electron chi connectivity index (χ2n) is 6.74. The first-order chi connectivity index (χ1) is 11.4. The van der Waals surface area contributed by atoms with Gasteiger partial charge in [-0.2, -0.15) is 0 Å². The number of anilines is 1. The van der Waals surface area contributed by atoms with Crippen molar-refractivity contribution in [2.45, 2.75) is 39.2 Å². The fourth-order valence-corrected chi connectivity index (χ4v) is 3.58. The topological polar surface area (TPSA) is 53.9 Å². The fourth-order valence-electron chi connectivity index (χ4n) is 3.11. The van der Waals surface area contributed by atoms with E-state index < -0.39 is 0 Å². The Balaban J connectivity index is 1.85. The summed E-state index contributed by atoms with van der Waals surface area (Å²) >= 11 is 3.41. The number of nitrogens with one attached hydrogen (secondary N) is 2. The molecule has 24 heavy (non-hydrogen) atoms. The van der Waals surface area contributed by atoms with Gasteiger partial charge in [0.15, 0.2) is 6.54 Å². The molecule has 132 valence electrons. The van der Waals surface area contributed by atoms with Gasteiger partial charge < -0.3 is 15.1 Å². The van der Waals surface area contributed by atoms with Crippen LogP contribution in [-0.4, -0.2) is 49.4 Å². The predicted molar refractivity (Wildman–Crippen MR) is 99.2 cm³/mol. The first-order valence-corrected chi connectivity index (χ1v) is 9.30. The van der Waals surface area contributed by atoms with Crippen LogP contribution in [0, 0.1) is 6.92 Å². The van der Waals surface area contributed by atoms with E-state index in [0.29, 0.717) is 12.6 Å². The minimum absolute atomic E-state index is 0.0291. The van der Waals surface area contributed by atoms with E-state index in [4.69, 9.17) is 0 Å². The lowest BCUT2D eigenvalue weighted by molar-refractivity contribution is -0.921. The van der Waals surface area contributed by atoms with Gasteiger partial charge in [0.25, 0.3) is 5.91 Å². The highest BCUT2D eigenvalue weighted by Gasteiger charge is 2.26. The molecule has 1 aliphatic heterocycles. The van der Waals surface area contributed by atoms with Crippen molar-refractivity contribution in [3.63, 3.8) is 0 Å². The summed E-state index contributed by atoms with van der Waals surface area (Å²) in [5.74, 6) is -0.139. The molecule has 1 aliphatic rings. The Morgan fingerprint density at radius 2 is 2.12 bits per heavy atom. The van der Waals surface area contributed by atoms with Crippen molar-refractivity contribution in [3.8, 4) is 0 Å². The van der Waals surface area contributed by atoms with E-state index in [1.165, 1.54) is 29.1 Å². The van der Waals surface area contributed by atoms with Gasteiger partial charge in [-0.3, -0.25) is 9.59 Å². The third kappa shape index (κ3) is 5.31. The number of aryl methyl sites for hydroxylation is 1. The number of carbonyl (C=O) groups is 2. The van der Waals surface area contributed by atoms with Crippen molar-refractivity contribution in [1.82, 2.24) is 4.90 Å². The number of likely N-dealkylation sites (N-methyl/N-ethyl adjacent to an activating group) is 1. The highest BCUT2D eigenvalue weighted by molar-refractivity contribution is 9.10. The van der Waals surface area contributed by atoms with Crippen LogP contribution < -0.4 is 10.2 Å². The van der Waals surface area contributed by atoms with Gasteiger partial charge in [0.1, 0.15) is 0 Å². The summed E-state index contributed by atoms with van der Waals surface area (Å²) in [5, 5.41) is 2.88. The Kier molecular flexibility index (Phi) is 6.80. The summed E-state index contributed by atoms with van der Waals surface area (Å²) in [6.45, 7) is 5.74. The minimum atomic E-state index is -0.169. The zero-order valence-electron chi connectivity index (χ0n) is 14.7. The maximum absolute atomic E-state index is 12.4. The van der Waals surface area contributed by atoms with E-state index in [2.05, 4.69) is 28.2 Å². The van der Waals surface area contributed by atoms with Gasteiger partial charge in [-0.15, -0.1) is 0 Å². The SMILES string of the molecule is Cc1cc(Br)ccc1NC(=O)CN(C)C(=O)C[NH+]1CCCC[C@@H]1C. The molecule has 2 atom stereocenters. The number of carbonyl (C=O) groups excluding carboxylic acids is 2. The van der Waals surface area contributed by atoms with Gasteiger partial charge in [-0.05, 0) is 56.9 Å². The molecule has 1 fully saturated rings. The monoisotopic (exact) mass is 396 g/mol. The molecular formula is C18H27BrN3O2+. The maximum atomic E-state index is 12.4. The molecule has 0 bridgehead atoms. The van der Waals surface area contributed by atoms with Gasteiger partial charge >= 0.3 is 0 Å². The molecule has 1 aromatic rings. The van der Waals surface area contributed by atoms with Crippen molar-refractivity contribution < 1.29 is 14.5 Å². The second-order valence-corrected chi connectivity index (χ2v) is 7.65. The smallest absolute Gasteiger partial charge is 0.277 e. The number of quaternary nitrogens is 1. The summed E-state index contributed by atoms with van der Waals surface area (Å²) in [4.78, 5) is 27.4. The minimum Gasteiger partial charge on any atom is -0.332 e. The quantitative estimate of drug-likeness (QED) is 0.794. The second kappa shape index (κ2) is 8.62. The molecule has 0 aliphatic carbocycles. The Labute approximate surface area is 152 Å². The molecule has 1 heterocycles. The average Bonchev–Trinajstić information content (AvgIpc) is 2.52. The van der Waals surface area contributed by atoms with Crippen LogP contribution in [-0.2, 0) is 9.59 Å². The van der Waals surface area contributed by atoms with E-state index in [9.17, 15) is 9.59 Å². The van der Waals surface area contributed by atoms with Crippen molar-refractivity contribution in [3.05, 3.63) is 28.2 Å². The highest BCUT2D eigenvalue weighted by atomic mass is 79.9. The van der Waals surface area contributed by atoms with Crippen molar-refractivity contribution in [1.29, 1.82) is 0 Å². The van der Waals surface area contributed by atoms with E-state index in [1.807, 2.05) is 25.1 Å². The van der Waals surface area contributed by atoms with E-state index in [1.54, 1.807) is 7.05 Å². The number of amides is 2. The Morgan fingerprint density at radius 3 is 2.79 bits per heavy atom. The molecule has 0 spiro atoms. The molecule has 1 aromatic carbocycles. The number of hydrogen-bond donors (Lipinski definition) is 2. The standard InChI is InChI=1S/C18H26BrN3O2/c1-13-10-15(19)7-8-16(13)20-17(23)11-21(3)18(24)12-22-9-5-4-6-14(22)2/h7-8,10,14H,4-6,9,11-12H2,1-3H3,(H,20,23)/p+1/t14-/m0/s1. The van der Waals surface area contributed by atoms with E-state index in [-0.39, 0.29) is 18.4 Å². The normalized spacial score (nSPS) is 20.5. The zero-order chi connectivity index (χ0) is 17.7. The van der Waals surface area contributed by atoms with E-state index in [0.717, 1.165) is 22.3 Å².